The molecule has 1 N–H and O–H groups in total. The number of piperazine rings is 1. The van der Waals surface area contributed by atoms with Crippen LogP contribution >= 0.6 is 0 Å². The van der Waals surface area contributed by atoms with Crippen molar-refractivity contribution in [3.05, 3.63) is 52.8 Å². The highest BCUT2D eigenvalue weighted by atomic mass is 16.1. The van der Waals surface area contributed by atoms with Crippen LogP contribution in [-0.2, 0) is 6.54 Å². The first kappa shape index (κ1) is 17.4. The summed E-state index contributed by atoms with van der Waals surface area (Å²) in [5.41, 5.74) is 3.51. The number of aryl methyl sites for hydroxylation is 2. The fourth-order valence-electron chi connectivity index (χ4n) is 2.80. The van der Waals surface area contributed by atoms with E-state index in [9.17, 15) is 4.79 Å². The summed E-state index contributed by atoms with van der Waals surface area (Å²) < 4.78 is 0. The van der Waals surface area contributed by atoms with Crippen molar-refractivity contribution in [1.29, 1.82) is 0 Å². The topological polar surface area (TPSA) is 61.4 Å². The number of benzene rings is 1. The molecule has 132 valence electrons. The van der Waals surface area contributed by atoms with E-state index in [1.54, 1.807) is 6.07 Å². The Morgan fingerprint density at radius 3 is 2.44 bits per heavy atom. The molecule has 0 unspecified atom stereocenters. The fraction of sp³-hybridized carbons (Fsp3) is 0.421. The molecule has 0 atom stereocenters. The first-order chi connectivity index (χ1) is 12.0. The molecule has 6 nitrogen and oxygen atoms in total. The van der Waals surface area contributed by atoms with Gasteiger partial charge in [0.05, 0.1) is 0 Å². The van der Waals surface area contributed by atoms with Gasteiger partial charge in [-0.15, -0.1) is 0 Å². The number of nitrogens with zero attached hydrogens (tertiary/aromatic N) is 4. The number of carbonyl (C=O) groups excluding carboxylic acids is 1. The summed E-state index contributed by atoms with van der Waals surface area (Å²) in [6.07, 6.45) is 0. The maximum Gasteiger partial charge on any atom is 0.270 e. The molecule has 1 aliphatic heterocycles. The quantitative estimate of drug-likeness (QED) is 0.920. The molecule has 2 heterocycles. The monoisotopic (exact) mass is 339 g/mol. The van der Waals surface area contributed by atoms with Crippen LogP contribution in [0.15, 0.2) is 30.3 Å². The molecule has 1 fully saturated rings. The molecular formula is C19H25N5O. The first-order valence-electron chi connectivity index (χ1n) is 8.64. The van der Waals surface area contributed by atoms with Crippen LogP contribution in [0.3, 0.4) is 0 Å². The standard InChI is InChI=1S/C19H25N5O/c1-14-4-6-16(7-5-14)13-20-18(25)17-12-15(2)21-19(22-17)24-10-8-23(3)9-11-24/h4-7,12H,8-11,13H2,1-3H3,(H,20,25). The van der Waals surface area contributed by atoms with Crippen molar-refractivity contribution >= 4 is 11.9 Å². The average molecular weight is 339 g/mol. The van der Waals surface area contributed by atoms with Crippen LogP contribution in [0.2, 0.25) is 0 Å². The third kappa shape index (κ3) is 4.54. The van der Waals surface area contributed by atoms with Crippen LogP contribution in [0.1, 0.15) is 27.3 Å². The molecule has 0 spiro atoms. The van der Waals surface area contributed by atoms with Crippen molar-refractivity contribution in [3.63, 3.8) is 0 Å². The van der Waals surface area contributed by atoms with Crippen molar-refractivity contribution in [2.24, 2.45) is 0 Å². The number of hydrogen-bond acceptors (Lipinski definition) is 5. The number of nitrogens with one attached hydrogen (secondary N) is 1. The van der Waals surface area contributed by atoms with Crippen LogP contribution in [0.25, 0.3) is 0 Å². The second-order valence-electron chi connectivity index (χ2n) is 6.65. The van der Waals surface area contributed by atoms with Gasteiger partial charge in [-0.05, 0) is 32.5 Å². The summed E-state index contributed by atoms with van der Waals surface area (Å²) in [5.74, 6) is 0.482. The van der Waals surface area contributed by atoms with Gasteiger partial charge >= 0.3 is 0 Å². The van der Waals surface area contributed by atoms with Gasteiger partial charge in [0.15, 0.2) is 0 Å². The lowest BCUT2D eigenvalue weighted by Crippen LogP contribution is -2.45. The lowest BCUT2D eigenvalue weighted by Gasteiger charge is -2.32. The zero-order valence-electron chi connectivity index (χ0n) is 15.1. The number of likely N-dealkylation sites (N-methyl/N-ethyl adjacent to an activating group) is 1. The zero-order chi connectivity index (χ0) is 17.8. The molecule has 0 saturated carbocycles. The maximum atomic E-state index is 12.5. The van der Waals surface area contributed by atoms with E-state index in [0.29, 0.717) is 18.2 Å². The Labute approximate surface area is 148 Å². The van der Waals surface area contributed by atoms with E-state index < -0.39 is 0 Å². The SMILES string of the molecule is Cc1ccc(CNC(=O)c2cc(C)nc(N3CCN(C)CC3)n2)cc1. The largest absolute Gasteiger partial charge is 0.347 e. The molecule has 3 rings (SSSR count). The Balaban J connectivity index is 1.68. The molecule has 0 aliphatic carbocycles. The van der Waals surface area contributed by atoms with Crippen molar-refractivity contribution < 1.29 is 4.79 Å². The summed E-state index contributed by atoms with van der Waals surface area (Å²) in [5, 5.41) is 2.94. The van der Waals surface area contributed by atoms with Gasteiger partial charge in [-0.25, -0.2) is 9.97 Å². The second-order valence-corrected chi connectivity index (χ2v) is 6.65. The normalized spacial score (nSPS) is 15.2. The van der Waals surface area contributed by atoms with Crippen molar-refractivity contribution in [1.82, 2.24) is 20.2 Å². The Morgan fingerprint density at radius 2 is 1.76 bits per heavy atom. The Kier molecular flexibility index (Phi) is 5.28. The summed E-state index contributed by atoms with van der Waals surface area (Å²) in [7, 11) is 2.11. The molecule has 0 radical (unpaired) electrons. The van der Waals surface area contributed by atoms with Crippen LogP contribution in [0.5, 0.6) is 0 Å². The predicted molar refractivity (Wildman–Crippen MR) is 98.8 cm³/mol. The number of amides is 1. The Hall–Kier alpha value is -2.47. The highest BCUT2D eigenvalue weighted by Gasteiger charge is 2.19. The summed E-state index contributed by atoms with van der Waals surface area (Å²) >= 11 is 0. The van der Waals surface area contributed by atoms with Gasteiger partial charge in [0.25, 0.3) is 5.91 Å². The fourth-order valence-corrected chi connectivity index (χ4v) is 2.80. The number of aromatic nitrogens is 2. The van der Waals surface area contributed by atoms with E-state index in [-0.39, 0.29) is 5.91 Å². The molecule has 1 saturated heterocycles. The minimum absolute atomic E-state index is 0.165. The van der Waals surface area contributed by atoms with Gasteiger partial charge in [-0.1, -0.05) is 29.8 Å². The summed E-state index contributed by atoms with van der Waals surface area (Å²) in [6, 6.07) is 9.88. The highest BCUT2D eigenvalue weighted by Crippen LogP contribution is 2.13. The Bertz CT molecular complexity index is 736. The molecule has 1 aliphatic rings. The maximum absolute atomic E-state index is 12.5. The summed E-state index contributed by atoms with van der Waals surface area (Å²) in [4.78, 5) is 25.9. The van der Waals surface area contributed by atoms with Gasteiger partial charge in [0, 0.05) is 38.4 Å². The van der Waals surface area contributed by atoms with Gasteiger partial charge in [0.1, 0.15) is 5.69 Å². The number of rotatable bonds is 4. The molecule has 1 aromatic heterocycles. The number of anilines is 1. The predicted octanol–water partition coefficient (Wildman–Crippen LogP) is 1.78. The van der Waals surface area contributed by atoms with E-state index in [0.717, 1.165) is 37.4 Å². The first-order valence-corrected chi connectivity index (χ1v) is 8.64. The second kappa shape index (κ2) is 7.61. The van der Waals surface area contributed by atoms with E-state index in [1.165, 1.54) is 5.56 Å². The van der Waals surface area contributed by atoms with Crippen LogP contribution in [-0.4, -0.2) is 54.0 Å². The van der Waals surface area contributed by atoms with E-state index in [4.69, 9.17) is 0 Å². The highest BCUT2D eigenvalue weighted by molar-refractivity contribution is 5.92. The molecule has 2 aromatic rings. The van der Waals surface area contributed by atoms with Gasteiger partial charge in [0.2, 0.25) is 5.95 Å². The molecule has 25 heavy (non-hydrogen) atoms. The lowest BCUT2D eigenvalue weighted by atomic mass is 10.1. The Morgan fingerprint density at radius 1 is 1.08 bits per heavy atom. The third-order valence-corrected chi connectivity index (χ3v) is 4.43. The summed E-state index contributed by atoms with van der Waals surface area (Å²) in [6.45, 7) is 8.16. The van der Waals surface area contributed by atoms with E-state index in [1.807, 2.05) is 38.1 Å². The molecule has 1 amide bonds. The zero-order valence-corrected chi connectivity index (χ0v) is 15.1. The minimum atomic E-state index is -0.165. The molecule has 1 aromatic carbocycles. The van der Waals surface area contributed by atoms with Crippen LogP contribution in [0.4, 0.5) is 5.95 Å². The van der Waals surface area contributed by atoms with Crippen molar-refractivity contribution in [2.75, 3.05) is 38.1 Å². The molecule has 0 bridgehead atoms. The van der Waals surface area contributed by atoms with E-state index in [2.05, 4.69) is 32.1 Å². The average Bonchev–Trinajstić information content (AvgIpc) is 2.61. The van der Waals surface area contributed by atoms with Gasteiger partial charge in [-0.3, -0.25) is 4.79 Å². The van der Waals surface area contributed by atoms with Crippen molar-refractivity contribution in [3.8, 4) is 0 Å². The smallest absolute Gasteiger partial charge is 0.270 e. The number of carbonyl (C=O) groups is 1. The molecular weight excluding hydrogens is 314 g/mol. The minimum Gasteiger partial charge on any atom is -0.347 e. The van der Waals surface area contributed by atoms with Crippen LogP contribution in [0, 0.1) is 13.8 Å². The lowest BCUT2D eigenvalue weighted by molar-refractivity contribution is 0.0945. The number of hydrogen-bond donors (Lipinski definition) is 1. The van der Waals surface area contributed by atoms with Gasteiger partial charge in [-0.2, -0.15) is 0 Å². The third-order valence-electron chi connectivity index (χ3n) is 4.43. The van der Waals surface area contributed by atoms with Crippen LogP contribution < -0.4 is 10.2 Å². The van der Waals surface area contributed by atoms with Crippen molar-refractivity contribution in [2.45, 2.75) is 20.4 Å². The van der Waals surface area contributed by atoms with Gasteiger partial charge < -0.3 is 15.1 Å². The molecule has 6 heteroatoms. The van der Waals surface area contributed by atoms with E-state index >= 15 is 0 Å².